The van der Waals surface area contributed by atoms with Gasteiger partial charge in [0, 0.05) is 45.0 Å². The summed E-state index contributed by atoms with van der Waals surface area (Å²) in [5, 5.41) is 1.87. The number of aryl methyl sites for hydroxylation is 1. The van der Waals surface area contributed by atoms with Crippen LogP contribution in [0, 0.1) is 116 Å². The maximum atomic E-state index is 15.4. The number of rotatable bonds is 10. The molecule has 0 aliphatic heterocycles. The zero-order chi connectivity index (χ0) is 55.8. The van der Waals surface area contributed by atoms with Crippen LogP contribution in [0.2, 0.25) is 0 Å². The lowest BCUT2D eigenvalue weighted by atomic mass is 9.12. The van der Waals surface area contributed by atoms with Gasteiger partial charge in [0.2, 0.25) is 5.78 Å². The minimum Gasteiger partial charge on any atom is -0.341 e. The third-order valence-corrected chi connectivity index (χ3v) is 12.9. The number of hydrogen-bond donors (Lipinski definition) is 0. The highest BCUT2D eigenvalue weighted by Gasteiger charge is 2.52. The van der Waals surface area contributed by atoms with Crippen LogP contribution >= 0.6 is 0 Å². The van der Waals surface area contributed by atoms with Gasteiger partial charge in [0.25, 0.3) is 0 Å². The first kappa shape index (κ1) is 55.3. The van der Waals surface area contributed by atoms with E-state index in [1.54, 1.807) is 18.6 Å². The molecule has 392 valence electrons. The number of carbonyl (C=O) groups excluding carboxylic acids is 2. The third kappa shape index (κ3) is 8.78. The highest BCUT2D eigenvalue weighted by molar-refractivity contribution is 8.02. The molecule has 1 heterocycles. The van der Waals surface area contributed by atoms with E-state index < -0.39 is 154 Å². The van der Waals surface area contributed by atoms with Crippen LogP contribution in [0.25, 0.3) is 21.8 Å². The molecule has 26 heteroatoms. The van der Waals surface area contributed by atoms with Crippen LogP contribution in [0.1, 0.15) is 33.2 Å². The Morgan fingerprint density at radius 1 is 0.400 bits per heavy atom. The monoisotopic (exact) mass is 1100 g/mol. The van der Waals surface area contributed by atoms with Crippen molar-refractivity contribution >= 4 is 71.3 Å². The molecule has 0 atom stereocenters. The number of ketones is 2. The zero-order valence-corrected chi connectivity index (χ0v) is 38.3. The van der Waals surface area contributed by atoms with Crippen LogP contribution in [-0.2, 0) is 20.7 Å². The van der Waals surface area contributed by atoms with Crippen molar-refractivity contribution in [2.24, 2.45) is 0 Å². The molecule has 0 saturated heterocycles. The van der Waals surface area contributed by atoms with Crippen molar-refractivity contribution in [1.82, 2.24) is 4.57 Å². The maximum Gasteiger partial charge on any atom is 0.211 e. The Hall–Kier alpha value is -7.51. The standard InChI is InChI=1S/C25H24NO3S.C24BF20/c1-4-26-22-12-10-18(24(27)16-30(2,3)29)14-20(22)21-15-19(11-13-23(21)26)25(28)17-8-6-5-7-9-17;26-5-1(6(27)14(35)21(42)13(5)34)25(2-7(28)15(36)22(43)16(37)8(2)29,3-9(30)17(38)23(44)18(39)10(3)31)4-11(32)19(40)24(45)20(41)12(4)33/h5-15H,4,16H2,1-3H3;/q+1;-1. The molecule has 75 heavy (non-hydrogen) atoms. The van der Waals surface area contributed by atoms with Crippen molar-refractivity contribution in [3.05, 3.63) is 200 Å². The fourth-order valence-corrected chi connectivity index (χ4v) is 9.59. The molecule has 0 saturated carbocycles. The Morgan fingerprint density at radius 3 is 0.973 bits per heavy atom. The predicted octanol–water partition coefficient (Wildman–Crippen LogP) is 10.8. The van der Waals surface area contributed by atoms with E-state index in [9.17, 15) is 66.5 Å². The van der Waals surface area contributed by atoms with Crippen LogP contribution in [0.3, 0.4) is 0 Å². The van der Waals surface area contributed by atoms with E-state index in [1.165, 1.54) is 0 Å². The van der Waals surface area contributed by atoms with Crippen molar-refractivity contribution in [2.45, 2.75) is 13.5 Å². The summed E-state index contributed by atoms with van der Waals surface area (Å²) >= 11 is 0. The molecule has 0 spiro atoms. The molecule has 7 aromatic carbocycles. The Labute approximate surface area is 408 Å². The van der Waals surface area contributed by atoms with E-state index in [-0.39, 0.29) is 17.3 Å². The Balaban J connectivity index is 0.000000236. The molecule has 0 unspecified atom stereocenters. The number of halogens is 20. The van der Waals surface area contributed by atoms with Gasteiger partial charge in [-0.2, -0.15) is 0 Å². The summed E-state index contributed by atoms with van der Waals surface area (Å²) in [6.07, 6.45) is -4.01. The quantitative estimate of drug-likeness (QED) is 0.0342. The van der Waals surface area contributed by atoms with Crippen LogP contribution < -0.4 is 21.9 Å². The van der Waals surface area contributed by atoms with Crippen molar-refractivity contribution < 1.29 is 102 Å². The van der Waals surface area contributed by atoms with Gasteiger partial charge in [-0.25, -0.2) is 87.8 Å². The van der Waals surface area contributed by atoms with Gasteiger partial charge < -0.3 is 4.57 Å². The van der Waals surface area contributed by atoms with E-state index in [4.69, 9.17) is 0 Å². The molecule has 0 fully saturated rings. The fraction of sp³-hybridized carbons (Fsp3) is 0.102. The lowest BCUT2D eigenvalue weighted by Crippen LogP contribution is -2.81. The number of fused-ring (bicyclic) bond motifs is 3. The summed E-state index contributed by atoms with van der Waals surface area (Å²) in [4.78, 5) is 25.6. The molecular weight excluding hydrogens is 1070 g/mol. The zero-order valence-electron chi connectivity index (χ0n) is 37.5. The summed E-state index contributed by atoms with van der Waals surface area (Å²) in [5.74, 6) is -71.5. The van der Waals surface area contributed by atoms with E-state index >= 15 is 35.1 Å². The summed E-state index contributed by atoms with van der Waals surface area (Å²) in [5.41, 5.74) is -10.5. The molecule has 0 amide bonds. The van der Waals surface area contributed by atoms with Crippen molar-refractivity contribution in [1.29, 1.82) is 0 Å². The average Bonchev–Trinajstić information content (AvgIpc) is 3.70. The van der Waals surface area contributed by atoms with Gasteiger partial charge in [-0.05, 0) is 43.3 Å². The molecule has 8 aromatic rings. The molecule has 0 bridgehead atoms. The van der Waals surface area contributed by atoms with Crippen LogP contribution in [-0.4, -0.2) is 40.5 Å². The predicted molar refractivity (Wildman–Crippen MR) is 233 cm³/mol. The summed E-state index contributed by atoms with van der Waals surface area (Å²) in [6.45, 7) is 2.85. The smallest absolute Gasteiger partial charge is 0.211 e. The summed E-state index contributed by atoms with van der Waals surface area (Å²) < 4.78 is 308. The first-order valence-electron chi connectivity index (χ1n) is 20.8. The van der Waals surface area contributed by atoms with Gasteiger partial charge in [0.1, 0.15) is 65.2 Å². The lowest BCUT2D eigenvalue weighted by Gasteiger charge is -2.44. The highest BCUT2D eigenvalue weighted by Crippen LogP contribution is 2.34. The van der Waals surface area contributed by atoms with Crippen molar-refractivity contribution in [2.75, 3.05) is 18.3 Å². The average molecular weight is 1100 g/mol. The second-order valence-corrected chi connectivity index (χ2v) is 19.9. The van der Waals surface area contributed by atoms with E-state index in [1.807, 2.05) is 60.7 Å². The summed E-state index contributed by atoms with van der Waals surface area (Å²) in [7, 11) is -2.16. The topological polar surface area (TPSA) is 56.1 Å². The largest absolute Gasteiger partial charge is 0.341 e. The number of aromatic nitrogens is 1. The Kier molecular flexibility index (Phi) is 14.7. The van der Waals surface area contributed by atoms with E-state index in [2.05, 4.69) is 11.5 Å². The molecular formula is C49H24BF20NO3S. The van der Waals surface area contributed by atoms with Gasteiger partial charge in [-0.1, -0.05) is 30.3 Å². The van der Waals surface area contributed by atoms with Gasteiger partial charge in [-0.3, -0.25) is 9.59 Å². The van der Waals surface area contributed by atoms with Gasteiger partial charge in [0.05, 0.1) is 9.93 Å². The molecule has 0 N–H and O–H groups in total. The van der Waals surface area contributed by atoms with E-state index in [0.29, 0.717) is 16.7 Å². The SMILES string of the molecule is CCn1c2ccc(C(=O)C[S+](C)(C)=O)cc2c2cc(C(=O)c3ccccc3)ccc21.Fc1c(F)c(F)c([B-](c2c(F)c(F)c(F)c(F)c2F)(c2c(F)c(F)c(F)c(F)c2F)c2c(F)c(F)c(F)c(F)c2F)c(F)c1F. The number of carbonyl (C=O) groups is 2. The second kappa shape index (κ2) is 20.0. The highest BCUT2D eigenvalue weighted by atomic mass is 32.2. The first-order valence-corrected chi connectivity index (χ1v) is 23.4. The van der Waals surface area contributed by atoms with Gasteiger partial charge >= 0.3 is 0 Å². The molecule has 4 nitrogen and oxygen atoms in total. The third-order valence-electron chi connectivity index (χ3n) is 12.0. The van der Waals surface area contributed by atoms with Gasteiger partial charge in [0.15, 0.2) is 81.3 Å². The molecule has 1 aromatic heterocycles. The fourth-order valence-electron chi connectivity index (χ4n) is 8.79. The Morgan fingerprint density at radius 2 is 0.680 bits per heavy atom. The van der Waals surface area contributed by atoms with Crippen LogP contribution in [0.5, 0.6) is 0 Å². The molecule has 0 aliphatic rings. The molecule has 0 radical (unpaired) electrons. The molecule has 0 aliphatic carbocycles. The maximum absolute atomic E-state index is 15.4. The van der Waals surface area contributed by atoms with Gasteiger partial charge in [-0.15, -0.1) is 26.1 Å². The number of nitrogens with zero attached hydrogens (tertiary/aromatic N) is 1. The second-order valence-electron chi connectivity index (χ2n) is 16.7. The molecule has 8 rings (SSSR count). The normalized spacial score (nSPS) is 11.9. The lowest BCUT2D eigenvalue weighted by molar-refractivity contribution is 0.101. The van der Waals surface area contributed by atoms with Crippen molar-refractivity contribution in [3.63, 3.8) is 0 Å². The number of benzene rings is 7. The van der Waals surface area contributed by atoms with Crippen LogP contribution in [0.15, 0.2) is 66.7 Å². The summed E-state index contributed by atoms with van der Waals surface area (Å²) in [6, 6.07) is 20.6. The van der Waals surface area contributed by atoms with Crippen molar-refractivity contribution in [3.8, 4) is 0 Å². The Bertz CT molecular complexity index is 3410. The number of hydrogen-bond acceptors (Lipinski definition) is 3. The number of Topliss-reactive ketones (excluding diaryl/α,β-unsaturated/α-hetero) is 1. The minimum absolute atomic E-state index is 0.0289. The van der Waals surface area contributed by atoms with E-state index in [0.717, 1.165) is 28.4 Å². The minimum atomic E-state index is -7.22. The van der Waals surface area contributed by atoms with Crippen LogP contribution in [0.4, 0.5) is 87.8 Å². The first-order chi connectivity index (χ1) is 35.0.